The Morgan fingerprint density at radius 2 is 1.94 bits per heavy atom. The van der Waals surface area contributed by atoms with Crippen LogP contribution in [0.15, 0.2) is 29.2 Å². The molecule has 0 heterocycles. The van der Waals surface area contributed by atoms with E-state index in [-0.39, 0.29) is 17.6 Å². The van der Waals surface area contributed by atoms with E-state index in [4.69, 9.17) is 0 Å². The van der Waals surface area contributed by atoms with E-state index in [9.17, 15) is 13.9 Å². The number of alkyl halides is 2. The van der Waals surface area contributed by atoms with Crippen molar-refractivity contribution in [1.82, 2.24) is 0 Å². The summed E-state index contributed by atoms with van der Waals surface area (Å²) in [6.45, 7) is 4.03. The highest BCUT2D eigenvalue weighted by molar-refractivity contribution is 7.99. The number of aliphatic hydroxyl groups excluding tert-OH is 1. The lowest BCUT2D eigenvalue weighted by Gasteiger charge is -2.49. The van der Waals surface area contributed by atoms with Crippen molar-refractivity contribution in [2.24, 2.45) is 5.41 Å². The van der Waals surface area contributed by atoms with Crippen molar-refractivity contribution in [3.63, 3.8) is 0 Å². The predicted octanol–water partition coefficient (Wildman–Crippen LogP) is 3.57. The van der Waals surface area contributed by atoms with Crippen LogP contribution in [0, 0.1) is 5.41 Å². The minimum absolute atomic E-state index is 0.142. The number of halogens is 2. The van der Waals surface area contributed by atoms with Crippen molar-refractivity contribution in [2.45, 2.75) is 43.1 Å². The molecule has 0 aliphatic heterocycles. The molecule has 2 N–H and O–H groups in total. The Morgan fingerprint density at radius 3 is 2.39 bits per heavy atom. The second-order valence-corrected chi connectivity index (χ2v) is 6.24. The van der Waals surface area contributed by atoms with Crippen LogP contribution in [0.25, 0.3) is 0 Å². The molecule has 0 radical (unpaired) electrons. The molecule has 0 aromatic heterocycles. The number of benzene rings is 1. The van der Waals surface area contributed by atoms with Crippen molar-refractivity contribution in [2.75, 3.05) is 5.32 Å². The molecular weight excluding hydrogens is 256 g/mol. The predicted molar refractivity (Wildman–Crippen MR) is 70.1 cm³/mol. The molecule has 18 heavy (non-hydrogen) atoms. The first-order chi connectivity index (χ1) is 8.39. The van der Waals surface area contributed by atoms with E-state index >= 15 is 0 Å². The second kappa shape index (κ2) is 5.05. The standard InChI is InChI=1S/C13H17F2NOS/c1-13(2)10(7-11(13)17)16-8-3-5-9(6-4-8)18-12(14)15/h3-6,10-12,16-17H,7H2,1-2H3. The molecule has 1 aliphatic rings. The smallest absolute Gasteiger partial charge is 0.288 e. The van der Waals surface area contributed by atoms with Gasteiger partial charge >= 0.3 is 0 Å². The molecule has 1 saturated carbocycles. The van der Waals surface area contributed by atoms with Crippen LogP contribution in [0.3, 0.4) is 0 Å². The van der Waals surface area contributed by atoms with E-state index < -0.39 is 5.76 Å². The highest BCUT2D eigenvalue weighted by Crippen LogP contribution is 2.42. The topological polar surface area (TPSA) is 32.3 Å². The Balaban J connectivity index is 1.95. The van der Waals surface area contributed by atoms with Crippen LogP contribution in [-0.2, 0) is 0 Å². The molecule has 1 aliphatic carbocycles. The number of thioether (sulfide) groups is 1. The van der Waals surface area contributed by atoms with E-state index in [0.29, 0.717) is 16.7 Å². The van der Waals surface area contributed by atoms with Crippen LogP contribution in [-0.4, -0.2) is 23.0 Å². The maximum Gasteiger partial charge on any atom is 0.288 e. The third kappa shape index (κ3) is 2.78. The monoisotopic (exact) mass is 273 g/mol. The number of hydrogen-bond acceptors (Lipinski definition) is 3. The van der Waals surface area contributed by atoms with Gasteiger partial charge in [0.1, 0.15) is 0 Å². The average Bonchev–Trinajstić information content (AvgIpc) is 2.30. The summed E-state index contributed by atoms with van der Waals surface area (Å²) in [4.78, 5) is 0.559. The molecule has 0 amide bonds. The van der Waals surface area contributed by atoms with E-state index in [0.717, 1.165) is 12.1 Å². The summed E-state index contributed by atoms with van der Waals surface area (Å²) in [5.74, 6) is -2.38. The Morgan fingerprint density at radius 1 is 1.33 bits per heavy atom. The maximum atomic E-state index is 12.2. The van der Waals surface area contributed by atoms with E-state index in [1.54, 1.807) is 24.3 Å². The van der Waals surface area contributed by atoms with E-state index in [1.165, 1.54) is 0 Å². The van der Waals surface area contributed by atoms with Gasteiger partial charge in [0.2, 0.25) is 0 Å². The molecule has 2 nitrogen and oxygen atoms in total. The first-order valence-corrected chi connectivity index (χ1v) is 6.77. The number of rotatable bonds is 4. The van der Waals surface area contributed by atoms with Crippen LogP contribution in [0.2, 0.25) is 0 Å². The highest BCUT2D eigenvalue weighted by atomic mass is 32.2. The number of aliphatic hydroxyl groups is 1. The molecule has 100 valence electrons. The number of anilines is 1. The summed E-state index contributed by atoms with van der Waals surface area (Å²) in [6.07, 6.45) is 0.448. The van der Waals surface area contributed by atoms with Gasteiger partial charge in [-0.25, -0.2) is 0 Å². The lowest BCUT2D eigenvalue weighted by atomic mass is 9.64. The number of hydrogen-bond donors (Lipinski definition) is 2. The van der Waals surface area contributed by atoms with Gasteiger partial charge in [0.05, 0.1) is 6.10 Å². The summed E-state index contributed by atoms with van der Waals surface area (Å²) in [5.41, 5.74) is 0.759. The molecule has 0 bridgehead atoms. The molecular formula is C13H17F2NOS. The zero-order valence-corrected chi connectivity index (χ0v) is 11.2. The molecule has 5 heteroatoms. The van der Waals surface area contributed by atoms with Crippen molar-refractivity contribution in [3.05, 3.63) is 24.3 Å². The van der Waals surface area contributed by atoms with Gasteiger partial charge in [0.15, 0.2) is 0 Å². The summed E-state index contributed by atoms with van der Waals surface area (Å²) in [5, 5.41) is 13.0. The largest absolute Gasteiger partial charge is 0.392 e. The van der Waals surface area contributed by atoms with Crippen LogP contribution < -0.4 is 5.32 Å². The summed E-state index contributed by atoms with van der Waals surface area (Å²) >= 11 is 0.545. The fraction of sp³-hybridized carbons (Fsp3) is 0.538. The van der Waals surface area contributed by atoms with Gasteiger partial charge in [0, 0.05) is 22.0 Å². The lowest BCUT2D eigenvalue weighted by molar-refractivity contribution is -0.0510. The van der Waals surface area contributed by atoms with Crippen molar-refractivity contribution in [1.29, 1.82) is 0 Å². The fourth-order valence-electron chi connectivity index (χ4n) is 2.08. The highest BCUT2D eigenvalue weighted by Gasteiger charge is 2.47. The summed E-state index contributed by atoms with van der Waals surface area (Å²) < 4.78 is 24.3. The Hall–Kier alpha value is -0.810. The van der Waals surface area contributed by atoms with Gasteiger partial charge in [-0.3, -0.25) is 0 Å². The SMILES string of the molecule is CC1(C)C(O)CC1Nc1ccc(SC(F)F)cc1. The van der Waals surface area contributed by atoms with Crippen molar-refractivity contribution >= 4 is 17.4 Å². The minimum Gasteiger partial charge on any atom is -0.392 e. The fourth-order valence-corrected chi connectivity index (χ4v) is 2.58. The van der Waals surface area contributed by atoms with Gasteiger partial charge < -0.3 is 10.4 Å². The molecule has 1 aromatic carbocycles. The third-order valence-corrected chi connectivity index (χ3v) is 4.36. The van der Waals surface area contributed by atoms with E-state index in [2.05, 4.69) is 5.32 Å². The van der Waals surface area contributed by atoms with Crippen LogP contribution >= 0.6 is 11.8 Å². The van der Waals surface area contributed by atoms with Gasteiger partial charge in [-0.05, 0) is 30.7 Å². The molecule has 0 saturated heterocycles. The zero-order chi connectivity index (χ0) is 13.3. The van der Waals surface area contributed by atoms with Gasteiger partial charge in [-0.2, -0.15) is 8.78 Å². The Bertz CT molecular complexity index is 408. The summed E-state index contributed by atoms with van der Waals surface area (Å²) in [7, 11) is 0. The maximum absolute atomic E-state index is 12.2. The average molecular weight is 273 g/mol. The molecule has 2 rings (SSSR count). The van der Waals surface area contributed by atoms with E-state index in [1.807, 2.05) is 13.8 Å². The quantitative estimate of drug-likeness (QED) is 0.823. The van der Waals surface area contributed by atoms with Crippen LogP contribution in [0.1, 0.15) is 20.3 Å². The second-order valence-electron chi connectivity index (χ2n) is 5.17. The Labute approximate surface area is 110 Å². The van der Waals surface area contributed by atoms with Gasteiger partial charge in [-0.1, -0.05) is 25.6 Å². The van der Waals surface area contributed by atoms with Crippen molar-refractivity contribution < 1.29 is 13.9 Å². The van der Waals surface area contributed by atoms with Gasteiger partial charge in [0.25, 0.3) is 5.76 Å². The lowest BCUT2D eigenvalue weighted by Crippen LogP contribution is -2.56. The molecule has 1 aromatic rings. The molecule has 1 fully saturated rings. The summed E-state index contributed by atoms with van der Waals surface area (Å²) in [6, 6.07) is 7.18. The van der Waals surface area contributed by atoms with Gasteiger partial charge in [-0.15, -0.1) is 0 Å². The Kier molecular flexibility index (Phi) is 3.82. The first kappa shape index (κ1) is 13.6. The minimum atomic E-state index is -2.38. The number of nitrogens with one attached hydrogen (secondary N) is 1. The first-order valence-electron chi connectivity index (χ1n) is 5.89. The molecule has 2 atom stereocenters. The van der Waals surface area contributed by atoms with Crippen molar-refractivity contribution in [3.8, 4) is 0 Å². The third-order valence-electron chi connectivity index (χ3n) is 3.64. The molecule has 2 unspecified atom stereocenters. The van der Waals surface area contributed by atoms with Crippen LogP contribution in [0.5, 0.6) is 0 Å². The molecule has 0 spiro atoms. The normalized spacial score (nSPS) is 25.9. The van der Waals surface area contributed by atoms with Crippen LogP contribution in [0.4, 0.5) is 14.5 Å². The zero-order valence-electron chi connectivity index (χ0n) is 10.4.